The number of ether oxygens (including phenoxy) is 1. The Labute approximate surface area is 280 Å². The third-order valence-electron chi connectivity index (χ3n) is 7.06. The molecule has 2 amide bonds. The van der Waals surface area contributed by atoms with Crippen LogP contribution in [0.25, 0.3) is 0 Å². The van der Waals surface area contributed by atoms with E-state index in [1.807, 2.05) is 82.3 Å². The summed E-state index contributed by atoms with van der Waals surface area (Å²) in [6.07, 6.45) is 0.236. The van der Waals surface area contributed by atoms with Crippen LogP contribution in [0.1, 0.15) is 38.8 Å². The van der Waals surface area contributed by atoms with Crippen LogP contribution in [-0.2, 0) is 32.6 Å². The predicted octanol–water partition coefficient (Wildman–Crippen LogP) is 6.60. The Kier molecular flexibility index (Phi) is 11.6. The summed E-state index contributed by atoms with van der Waals surface area (Å²) in [6, 6.07) is 30.7. The molecule has 1 N–H and O–H groups in total. The number of nitrogens with one attached hydrogen (secondary N) is 1. The molecule has 0 saturated carbocycles. The van der Waals surface area contributed by atoms with Crippen molar-refractivity contribution in [3.05, 3.63) is 125 Å². The average Bonchev–Trinajstić information content (AvgIpc) is 3.02. The Morgan fingerprint density at radius 2 is 1.46 bits per heavy atom. The summed E-state index contributed by atoms with van der Waals surface area (Å²) in [5.41, 5.74) is 1.41. The molecule has 0 radical (unpaired) electrons. The number of nitrogens with zero attached hydrogens (tertiary/aromatic N) is 2. The number of carbonyl (C=O) groups is 2. The van der Waals surface area contributed by atoms with Gasteiger partial charge in [0, 0.05) is 23.0 Å². The SMILES string of the molecule is CCOc1ccc(S(=O)(=O)N(CC(=O)N(Cc2cccc(Br)c2)C(Cc2ccccc2)C(=O)NC(C)(C)C)c2ccccc2)cc1. The highest BCUT2D eigenvalue weighted by molar-refractivity contribution is 9.10. The van der Waals surface area contributed by atoms with Gasteiger partial charge in [0.25, 0.3) is 10.0 Å². The van der Waals surface area contributed by atoms with Crippen molar-refractivity contribution in [3.63, 3.8) is 0 Å². The normalized spacial score (nSPS) is 12.2. The molecule has 0 aromatic heterocycles. The van der Waals surface area contributed by atoms with E-state index >= 15 is 0 Å². The van der Waals surface area contributed by atoms with Crippen molar-refractivity contribution in [1.82, 2.24) is 10.2 Å². The van der Waals surface area contributed by atoms with Gasteiger partial charge in [-0.2, -0.15) is 0 Å². The molecule has 4 rings (SSSR count). The second kappa shape index (κ2) is 15.4. The van der Waals surface area contributed by atoms with Crippen molar-refractivity contribution < 1.29 is 22.7 Å². The summed E-state index contributed by atoms with van der Waals surface area (Å²) in [6.45, 7) is 7.49. The summed E-state index contributed by atoms with van der Waals surface area (Å²) < 4.78 is 35.8. The molecule has 1 unspecified atom stereocenters. The fourth-order valence-corrected chi connectivity index (χ4v) is 6.82. The smallest absolute Gasteiger partial charge is 0.264 e. The highest BCUT2D eigenvalue weighted by atomic mass is 79.9. The standard InChI is InChI=1S/C36H40BrN3O5S/c1-5-45-31-19-21-32(22-20-31)46(43,44)40(30-17-10-7-11-18-30)26-34(41)39(25-28-15-12-16-29(37)23-28)33(35(42)38-36(2,3)4)24-27-13-8-6-9-14-27/h6-23,33H,5,24-26H2,1-4H3,(H,38,42). The van der Waals surface area contributed by atoms with Crippen LogP contribution in [0, 0.1) is 0 Å². The summed E-state index contributed by atoms with van der Waals surface area (Å²) in [5, 5.41) is 3.04. The fourth-order valence-electron chi connectivity index (χ4n) is 4.96. The number of rotatable bonds is 13. The monoisotopic (exact) mass is 705 g/mol. The molecular weight excluding hydrogens is 666 g/mol. The molecule has 4 aromatic carbocycles. The van der Waals surface area contributed by atoms with E-state index in [9.17, 15) is 18.0 Å². The highest BCUT2D eigenvalue weighted by Crippen LogP contribution is 2.26. The van der Waals surface area contributed by atoms with Gasteiger partial charge >= 0.3 is 0 Å². The highest BCUT2D eigenvalue weighted by Gasteiger charge is 2.35. The molecular formula is C36H40BrN3O5S. The second-order valence-electron chi connectivity index (χ2n) is 11.8. The number of sulfonamides is 1. The van der Waals surface area contributed by atoms with Gasteiger partial charge in [-0.25, -0.2) is 8.42 Å². The molecule has 0 bridgehead atoms. The lowest BCUT2D eigenvalue weighted by atomic mass is 10.0. The Bertz CT molecular complexity index is 1710. The fraction of sp³-hybridized carbons (Fsp3) is 0.278. The van der Waals surface area contributed by atoms with Crippen molar-refractivity contribution in [2.45, 2.75) is 57.1 Å². The van der Waals surface area contributed by atoms with Crippen LogP contribution in [0.4, 0.5) is 5.69 Å². The van der Waals surface area contributed by atoms with E-state index in [-0.39, 0.29) is 23.8 Å². The van der Waals surface area contributed by atoms with Gasteiger partial charge in [0.05, 0.1) is 17.2 Å². The number of halogens is 1. The van der Waals surface area contributed by atoms with Crippen LogP contribution in [0.2, 0.25) is 0 Å². The van der Waals surface area contributed by atoms with Gasteiger partial charge in [0.2, 0.25) is 11.8 Å². The number of carbonyl (C=O) groups excluding carboxylic acids is 2. The lowest BCUT2D eigenvalue weighted by Gasteiger charge is -2.35. The maximum absolute atomic E-state index is 14.5. The van der Waals surface area contributed by atoms with Crippen molar-refractivity contribution in [1.29, 1.82) is 0 Å². The molecule has 0 aliphatic carbocycles. The number of anilines is 1. The van der Waals surface area contributed by atoms with Gasteiger partial charge in [-0.15, -0.1) is 0 Å². The molecule has 4 aromatic rings. The number of para-hydroxylation sites is 1. The van der Waals surface area contributed by atoms with E-state index < -0.39 is 34.1 Å². The van der Waals surface area contributed by atoms with Crippen LogP contribution in [0.15, 0.2) is 119 Å². The van der Waals surface area contributed by atoms with Gasteiger partial charge in [-0.1, -0.05) is 76.6 Å². The zero-order chi connectivity index (χ0) is 33.3. The topological polar surface area (TPSA) is 96.0 Å². The molecule has 242 valence electrons. The Morgan fingerprint density at radius 1 is 0.848 bits per heavy atom. The minimum Gasteiger partial charge on any atom is -0.494 e. The van der Waals surface area contributed by atoms with E-state index in [1.165, 1.54) is 17.0 Å². The molecule has 0 aliphatic rings. The van der Waals surface area contributed by atoms with Crippen LogP contribution in [-0.4, -0.2) is 49.9 Å². The third kappa shape index (κ3) is 9.43. The van der Waals surface area contributed by atoms with Gasteiger partial charge in [0.15, 0.2) is 0 Å². The first-order chi connectivity index (χ1) is 21.9. The molecule has 0 spiro atoms. The van der Waals surface area contributed by atoms with Crippen molar-refractivity contribution in [2.24, 2.45) is 0 Å². The number of amides is 2. The van der Waals surface area contributed by atoms with Gasteiger partial charge in [-0.3, -0.25) is 13.9 Å². The van der Waals surface area contributed by atoms with Crippen LogP contribution >= 0.6 is 15.9 Å². The lowest BCUT2D eigenvalue weighted by molar-refractivity contribution is -0.140. The Balaban J connectivity index is 1.79. The first-order valence-electron chi connectivity index (χ1n) is 15.1. The second-order valence-corrected chi connectivity index (χ2v) is 14.6. The Hall–Kier alpha value is -4.15. The molecule has 0 aliphatic heterocycles. The zero-order valence-electron chi connectivity index (χ0n) is 26.5. The molecule has 0 saturated heterocycles. The molecule has 46 heavy (non-hydrogen) atoms. The van der Waals surface area contributed by atoms with Gasteiger partial charge in [0.1, 0.15) is 18.3 Å². The van der Waals surface area contributed by atoms with Crippen molar-refractivity contribution >= 4 is 43.5 Å². The van der Waals surface area contributed by atoms with E-state index in [0.29, 0.717) is 18.0 Å². The van der Waals surface area contributed by atoms with Crippen molar-refractivity contribution in [3.8, 4) is 5.75 Å². The van der Waals surface area contributed by atoms with Crippen molar-refractivity contribution in [2.75, 3.05) is 17.5 Å². The first kappa shape index (κ1) is 34.7. The summed E-state index contributed by atoms with van der Waals surface area (Å²) in [5.74, 6) is -0.318. The number of hydrogen-bond donors (Lipinski definition) is 1. The lowest BCUT2D eigenvalue weighted by Crippen LogP contribution is -2.56. The summed E-state index contributed by atoms with van der Waals surface area (Å²) >= 11 is 3.51. The van der Waals surface area contributed by atoms with Crippen LogP contribution in [0.3, 0.4) is 0 Å². The molecule has 0 heterocycles. The molecule has 0 fully saturated rings. The molecule has 8 nitrogen and oxygen atoms in total. The van der Waals surface area contributed by atoms with Crippen LogP contribution < -0.4 is 14.4 Å². The van der Waals surface area contributed by atoms with E-state index in [0.717, 1.165) is 19.9 Å². The average molecular weight is 707 g/mol. The minimum atomic E-state index is -4.21. The summed E-state index contributed by atoms with van der Waals surface area (Å²) in [4.78, 5) is 30.0. The largest absolute Gasteiger partial charge is 0.494 e. The van der Waals surface area contributed by atoms with E-state index in [4.69, 9.17) is 4.74 Å². The Morgan fingerprint density at radius 3 is 2.04 bits per heavy atom. The van der Waals surface area contributed by atoms with E-state index in [1.54, 1.807) is 42.5 Å². The molecule has 1 atom stereocenters. The first-order valence-corrected chi connectivity index (χ1v) is 17.3. The third-order valence-corrected chi connectivity index (χ3v) is 9.34. The summed E-state index contributed by atoms with van der Waals surface area (Å²) in [7, 11) is -4.21. The van der Waals surface area contributed by atoms with Gasteiger partial charge in [-0.05, 0) is 87.4 Å². The number of benzene rings is 4. The quantitative estimate of drug-likeness (QED) is 0.169. The number of hydrogen-bond acceptors (Lipinski definition) is 5. The minimum absolute atomic E-state index is 0.0115. The maximum Gasteiger partial charge on any atom is 0.264 e. The predicted molar refractivity (Wildman–Crippen MR) is 185 cm³/mol. The zero-order valence-corrected chi connectivity index (χ0v) is 28.9. The van der Waals surface area contributed by atoms with Crippen LogP contribution in [0.5, 0.6) is 5.75 Å². The van der Waals surface area contributed by atoms with Gasteiger partial charge < -0.3 is 15.0 Å². The van der Waals surface area contributed by atoms with E-state index in [2.05, 4.69) is 21.2 Å². The maximum atomic E-state index is 14.5. The molecule has 10 heteroatoms.